The molecule has 3 rings (SSSR count). The fourth-order valence-electron chi connectivity index (χ4n) is 3.37. The van der Waals surface area contributed by atoms with E-state index in [0.717, 1.165) is 0 Å². The normalized spacial score (nSPS) is 29.8. The summed E-state index contributed by atoms with van der Waals surface area (Å²) in [5.41, 5.74) is 9.23. The van der Waals surface area contributed by atoms with Crippen LogP contribution in [-0.2, 0) is 19.1 Å². The summed E-state index contributed by atoms with van der Waals surface area (Å²) in [6.45, 7) is 3.07. The Bertz CT molecular complexity index is 810. The number of nitrogens with one attached hydrogen (secondary N) is 1. The van der Waals surface area contributed by atoms with Gasteiger partial charge in [-0.25, -0.2) is 4.79 Å². The predicted molar refractivity (Wildman–Crippen MR) is 96.8 cm³/mol. The number of nitrogens with zero attached hydrogens (tertiary/aromatic N) is 4. The van der Waals surface area contributed by atoms with Crippen LogP contribution in [0, 0.1) is 0 Å². The molecule has 2 fully saturated rings. The van der Waals surface area contributed by atoms with Crippen LogP contribution in [0.15, 0.2) is 35.4 Å². The first-order valence-corrected chi connectivity index (χ1v) is 8.96. The minimum Gasteiger partial charge on any atom is -0.459 e. The minimum atomic E-state index is -0.744. The van der Waals surface area contributed by atoms with Crippen molar-refractivity contribution in [2.24, 2.45) is 5.11 Å². The van der Waals surface area contributed by atoms with Gasteiger partial charge in [-0.2, -0.15) is 0 Å². The zero-order valence-corrected chi connectivity index (χ0v) is 15.5. The maximum Gasteiger partial charge on any atom is 0.338 e. The lowest BCUT2D eigenvalue weighted by molar-refractivity contribution is -0.164. The van der Waals surface area contributed by atoms with Crippen molar-refractivity contribution in [2.75, 3.05) is 6.61 Å². The van der Waals surface area contributed by atoms with Crippen molar-refractivity contribution in [3.63, 3.8) is 0 Å². The van der Waals surface area contributed by atoms with E-state index in [1.165, 1.54) is 4.90 Å². The zero-order valence-electron chi connectivity index (χ0n) is 15.5. The number of carbonyl (C=O) groups is 3. The highest BCUT2D eigenvalue weighted by Crippen LogP contribution is 2.29. The smallest absolute Gasteiger partial charge is 0.338 e. The molecule has 148 valence electrons. The number of carbonyl (C=O) groups excluding carboxylic acids is 3. The SMILES string of the molecule is C[C@@H]1NC(=O)[C@H](C)N([C@H]2C[C@H](N=[N+]=[N-])[C@@H](COC(=O)c3ccccc3)O2)C1=O. The van der Waals surface area contributed by atoms with Gasteiger partial charge in [0, 0.05) is 11.3 Å². The third-order valence-electron chi connectivity index (χ3n) is 4.88. The standard InChI is InChI=1S/C18H21N5O5/c1-10-17(25)23(11(2)16(24)20-10)15-8-13(21-22-19)14(28-15)9-27-18(26)12-6-4-3-5-7-12/h3-7,10-11,13-15H,8-9H2,1-2H3,(H,20,24)/t10-,11-,13-,14+,15+/m0/s1. The molecule has 10 heteroatoms. The van der Waals surface area contributed by atoms with E-state index < -0.39 is 36.4 Å². The molecule has 0 aromatic heterocycles. The number of ether oxygens (including phenoxy) is 2. The van der Waals surface area contributed by atoms with Crippen LogP contribution >= 0.6 is 0 Å². The quantitative estimate of drug-likeness (QED) is 0.352. The van der Waals surface area contributed by atoms with Gasteiger partial charge in [-0.3, -0.25) is 9.59 Å². The van der Waals surface area contributed by atoms with Crippen LogP contribution in [0.2, 0.25) is 0 Å². The Kier molecular flexibility index (Phi) is 5.81. The Labute approximate surface area is 161 Å². The molecule has 5 atom stereocenters. The number of benzene rings is 1. The molecule has 0 saturated carbocycles. The highest BCUT2D eigenvalue weighted by Gasteiger charge is 2.46. The molecule has 2 aliphatic rings. The molecule has 2 amide bonds. The molecule has 1 aromatic carbocycles. The van der Waals surface area contributed by atoms with Crippen molar-refractivity contribution in [2.45, 2.75) is 50.7 Å². The van der Waals surface area contributed by atoms with Gasteiger partial charge in [0.2, 0.25) is 11.8 Å². The molecule has 2 aliphatic heterocycles. The summed E-state index contributed by atoms with van der Waals surface area (Å²) in [5, 5.41) is 6.32. The van der Waals surface area contributed by atoms with Crippen LogP contribution in [-0.4, -0.2) is 59.7 Å². The second kappa shape index (κ2) is 8.28. The Morgan fingerprint density at radius 3 is 2.75 bits per heavy atom. The van der Waals surface area contributed by atoms with Gasteiger partial charge in [0.25, 0.3) is 0 Å². The lowest BCUT2D eigenvalue weighted by atomic mass is 10.1. The molecule has 0 aliphatic carbocycles. The Balaban J connectivity index is 1.70. The number of rotatable bonds is 5. The maximum absolute atomic E-state index is 12.5. The van der Waals surface area contributed by atoms with Gasteiger partial charge in [0.05, 0.1) is 11.6 Å². The van der Waals surface area contributed by atoms with Gasteiger partial charge in [0.15, 0.2) is 0 Å². The van der Waals surface area contributed by atoms with Crippen LogP contribution in [0.25, 0.3) is 10.4 Å². The van der Waals surface area contributed by atoms with Crippen LogP contribution in [0.1, 0.15) is 30.6 Å². The second-order valence-corrected chi connectivity index (χ2v) is 6.75. The highest BCUT2D eigenvalue weighted by atomic mass is 16.6. The summed E-state index contributed by atoms with van der Waals surface area (Å²) in [6.07, 6.45) is -1.24. The van der Waals surface area contributed by atoms with Crippen molar-refractivity contribution < 1.29 is 23.9 Å². The Morgan fingerprint density at radius 1 is 1.36 bits per heavy atom. The summed E-state index contributed by atoms with van der Waals surface area (Å²) >= 11 is 0. The summed E-state index contributed by atoms with van der Waals surface area (Å²) < 4.78 is 11.2. The summed E-state index contributed by atoms with van der Waals surface area (Å²) in [7, 11) is 0. The van der Waals surface area contributed by atoms with Crippen LogP contribution in [0.5, 0.6) is 0 Å². The molecule has 0 radical (unpaired) electrons. The van der Waals surface area contributed by atoms with E-state index in [-0.39, 0.29) is 24.8 Å². The largest absolute Gasteiger partial charge is 0.459 e. The van der Waals surface area contributed by atoms with E-state index in [1.54, 1.807) is 44.2 Å². The van der Waals surface area contributed by atoms with Crippen LogP contribution in [0.4, 0.5) is 0 Å². The average Bonchev–Trinajstić information content (AvgIpc) is 3.08. The number of azide groups is 1. The predicted octanol–water partition coefficient (Wildman–Crippen LogP) is 1.37. The number of hydrogen-bond acceptors (Lipinski definition) is 6. The van der Waals surface area contributed by atoms with Crippen molar-refractivity contribution in [1.29, 1.82) is 0 Å². The first kappa shape index (κ1) is 19.7. The molecule has 0 unspecified atom stereocenters. The monoisotopic (exact) mass is 387 g/mol. The van der Waals surface area contributed by atoms with Crippen molar-refractivity contribution in [3.8, 4) is 0 Å². The van der Waals surface area contributed by atoms with E-state index in [9.17, 15) is 14.4 Å². The van der Waals surface area contributed by atoms with Crippen LogP contribution < -0.4 is 5.32 Å². The maximum atomic E-state index is 12.5. The molecule has 10 nitrogen and oxygen atoms in total. The second-order valence-electron chi connectivity index (χ2n) is 6.75. The van der Waals surface area contributed by atoms with Gasteiger partial charge in [0.1, 0.15) is 31.0 Å². The molecule has 1 N–H and O–H groups in total. The third-order valence-corrected chi connectivity index (χ3v) is 4.88. The number of esters is 1. The fraction of sp³-hybridized carbons (Fsp3) is 0.500. The summed E-state index contributed by atoms with van der Waals surface area (Å²) in [4.78, 5) is 40.9. The van der Waals surface area contributed by atoms with Gasteiger partial charge in [-0.15, -0.1) is 0 Å². The molecular weight excluding hydrogens is 366 g/mol. The van der Waals surface area contributed by atoms with Gasteiger partial charge >= 0.3 is 5.97 Å². The number of amides is 2. The molecule has 28 heavy (non-hydrogen) atoms. The molecular formula is C18H21N5O5. The number of piperazine rings is 1. The lowest BCUT2D eigenvalue weighted by Crippen LogP contribution is -2.64. The first-order chi connectivity index (χ1) is 13.4. The van der Waals surface area contributed by atoms with Crippen molar-refractivity contribution >= 4 is 17.8 Å². The average molecular weight is 387 g/mol. The van der Waals surface area contributed by atoms with E-state index >= 15 is 0 Å². The summed E-state index contributed by atoms with van der Waals surface area (Å²) in [6, 6.07) is 6.46. The highest BCUT2D eigenvalue weighted by molar-refractivity contribution is 5.96. The molecule has 0 spiro atoms. The van der Waals surface area contributed by atoms with E-state index in [0.29, 0.717) is 5.56 Å². The topological polar surface area (TPSA) is 134 Å². The van der Waals surface area contributed by atoms with Gasteiger partial charge in [-0.05, 0) is 31.5 Å². The molecule has 0 bridgehead atoms. The van der Waals surface area contributed by atoms with Gasteiger partial charge < -0.3 is 19.7 Å². The molecule has 2 saturated heterocycles. The Morgan fingerprint density at radius 2 is 2.07 bits per heavy atom. The van der Waals surface area contributed by atoms with Crippen molar-refractivity contribution in [3.05, 3.63) is 46.3 Å². The fourth-order valence-corrected chi connectivity index (χ4v) is 3.37. The third kappa shape index (κ3) is 3.92. The molecule has 2 heterocycles. The Hall–Kier alpha value is -3.10. The van der Waals surface area contributed by atoms with E-state index in [2.05, 4.69) is 15.3 Å². The lowest BCUT2D eigenvalue weighted by Gasteiger charge is -2.39. The van der Waals surface area contributed by atoms with E-state index in [4.69, 9.17) is 15.0 Å². The number of hydrogen-bond donors (Lipinski definition) is 1. The first-order valence-electron chi connectivity index (χ1n) is 8.96. The minimum absolute atomic E-state index is 0.133. The van der Waals surface area contributed by atoms with Crippen molar-refractivity contribution in [1.82, 2.24) is 10.2 Å². The summed E-state index contributed by atoms with van der Waals surface area (Å²) in [5.74, 6) is -1.09. The van der Waals surface area contributed by atoms with Crippen LogP contribution in [0.3, 0.4) is 0 Å². The zero-order chi connectivity index (χ0) is 20.3. The van der Waals surface area contributed by atoms with E-state index in [1.807, 2.05) is 0 Å². The molecule has 1 aromatic rings. The van der Waals surface area contributed by atoms with Gasteiger partial charge in [-0.1, -0.05) is 23.3 Å².